The predicted octanol–water partition coefficient (Wildman–Crippen LogP) is 2.71. The minimum absolute atomic E-state index is 0.0230. The van der Waals surface area contributed by atoms with Crippen molar-refractivity contribution in [1.29, 1.82) is 0 Å². The number of H-pyrrole nitrogens is 1. The Hall–Kier alpha value is -2.70. The molecule has 2 heterocycles. The molecule has 0 bridgehead atoms. The van der Waals surface area contributed by atoms with Crippen LogP contribution in [0.4, 0.5) is 14.5 Å². The van der Waals surface area contributed by atoms with Crippen LogP contribution in [-0.4, -0.2) is 15.2 Å². The number of aromatic nitrogens is 3. The zero-order chi connectivity index (χ0) is 15.0. The van der Waals surface area contributed by atoms with Gasteiger partial charge in [0.25, 0.3) is 0 Å². The molecule has 2 aromatic heterocycles. The van der Waals surface area contributed by atoms with E-state index in [1.807, 2.05) is 13.0 Å². The molecular formula is C14H12F2N4O. The van der Waals surface area contributed by atoms with E-state index in [1.165, 1.54) is 0 Å². The molecule has 0 aliphatic carbocycles. The Bertz CT molecular complexity index is 816. The highest BCUT2D eigenvalue weighted by Crippen LogP contribution is 2.27. The van der Waals surface area contributed by atoms with Gasteiger partial charge in [0.15, 0.2) is 23.0 Å². The highest BCUT2D eigenvalue weighted by Gasteiger charge is 2.14. The van der Waals surface area contributed by atoms with Crippen LogP contribution in [0.5, 0.6) is 5.75 Å². The Morgan fingerprint density at radius 3 is 2.95 bits per heavy atom. The number of ether oxygens (including phenoxy) is 1. The lowest BCUT2D eigenvalue weighted by atomic mass is 10.2. The monoisotopic (exact) mass is 290 g/mol. The van der Waals surface area contributed by atoms with Crippen molar-refractivity contribution in [3.8, 4) is 5.75 Å². The molecule has 1 aromatic carbocycles. The molecule has 0 aliphatic heterocycles. The minimum atomic E-state index is -0.900. The first-order chi connectivity index (χ1) is 10.1. The minimum Gasteiger partial charge on any atom is -0.483 e. The molecule has 3 aromatic rings. The van der Waals surface area contributed by atoms with Crippen molar-refractivity contribution >= 4 is 16.7 Å². The zero-order valence-electron chi connectivity index (χ0n) is 11.2. The molecule has 0 saturated carbocycles. The molecule has 7 heteroatoms. The molecule has 21 heavy (non-hydrogen) atoms. The topological polar surface area (TPSA) is 76.8 Å². The standard InChI is InChI=1S/C14H12F2N4O/c1-7-9-4-8(5-18-14(9)20-19-7)6-21-13-10(15)2-3-11(17)12(13)16/h2-5H,6,17H2,1H3,(H,18,19,20). The Morgan fingerprint density at radius 2 is 2.14 bits per heavy atom. The molecule has 0 fully saturated rings. The average Bonchev–Trinajstić information content (AvgIpc) is 2.84. The summed E-state index contributed by atoms with van der Waals surface area (Å²) in [6.07, 6.45) is 1.55. The van der Waals surface area contributed by atoms with Gasteiger partial charge in [-0.05, 0) is 25.1 Å². The number of benzene rings is 1. The largest absolute Gasteiger partial charge is 0.483 e. The molecule has 0 amide bonds. The highest BCUT2D eigenvalue weighted by atomic mass is 19.1. The summed E-state index contributed by atoms with van der Waals surface area (Å²) in [6, 6.07) is 4.03. The van der Waals surface area contributed by atoms with Crippen LogP contribution in [0.15, 0.2) is 24.4 Å². The number of rotatable bonds is 3. The van der Waals surface area contributed by atoms with Crippen LogP contribution < -0.4 is 10.5 Å². The van der Waals surface area contributed by atoms with E-state index in [4.69, 9.17) is 10.5 Å². The van der Waals surface area contributed by atoms with Crippen LogP contribution in [0.1, 0.15) is 11.3 Å². The van der Waals surface area contributed by atoms with Crippen molar-refractivity contribution < 1.29 is 13.5 Å². The maximum atomic E-state index is 13.7. The smallest absolute Gasteiger partial charge is 0.193 e. The molecule has 0 spiro atoms. The predicted molar refractivity (Wildman–Crippen MR) is 73.7 cm³/mol. The second-order valence-corrected chi connectivity index (χ2v) is 4.63. The first kappa shape index (κ1) is 13.3. The molecule has 108 valence electrons. The number of halogens is 2. The van der Waals surface area contributed by atoms with Gasteiger partial charge in [-0.1, -0.05) is 0 Å². The van der Waals surface area contributed by atoms with E-state index < -0.39 is 17.4 Å². The van der Waals surface area contributed by atoms with Gasteiger partial charge in [0, 0.05) is 22.8 Å². The lowest BCUT2D eigenvalue weighted by Gasteiger charge is -2.09. The Balaban J connectivity index is 1.86. The number of aryl methyl sites for hydroxylation is 1. The lowest BCUT2D eigenvalue weighted by molar-refractivity contribution is 0.274. The van der Waals surface area contributed by atoms with Gasteiger partial charge in [0.05, 0.1) is 5.69 Å². The number of hydrogen-bond donors (Lipinski definition) is 2. The number of aromatic amines is 1. The summed E-state index contributed by atoms with van der Waals surface area (Å²) < 4.78 is 32.5. The van der Waals surface area contributed by atoms with Gasteiger partial charge < -0.3 is 10.5 Å². The normalized spacial score (nSPS) is 11.0. The number of nitrogens with zero attached hydrogens (tertiary/aromatic N) is 2. The first-order valence-corrected chi connectivity index (χ1v) is 6.22. The number of nitrogens with two attached hydrogens (primary N) is 1. The van der Waals surface area contributed by atoms with Gasteiger partial charge in [-0.2, -0.15) is 5.10 Å². The third kappa shape index (κ3) is 2.37. The number of nitrogen functional groups attached to an aromatic ring is 1. The summed E-state index contributed by atoms with van der Waals surface area (Å²) in [6.45, 7) is 1.84. The van der Waals surface area contributed by atoms with E-state index in [0.717, 1.165) is 23.2 Å². The quantitative estimate of drug-likeness (QED) is 0.727. The van der Waals surface area contributed by atoms with Crippen LogP contribution in [0, 0.1) is 18.6 Å². The van der Waals surface area contributed by atoms with Gasteiger partial charge in [-0.3, -0.25) is 5.10 Å². The fraction of sp³-hybridized carbons (Fsp3) is 0.143. The van der Waals surface area contributed by atoms with E-state index >= 15 is 0 Å². The summed E-state index contributed by atoms with van der Waals surface area (Å²) in [5.41, 5.74) is 7.35. The van der Waals surface area contributed by atoms with E-state index in [2.05, 4.69) is 15.2 Å². The van der Waals surface area contributed by atoms with E-state index in [1.54, 1.807) is 6.20 Å². The Kier molecular flexibility index (Phi) is 3.17. The van der Waals surface area contributed by atoms with Gasteiger partial charge in [0.2, 0.25) is 0 Å². The van der Waals surface area contributed by atoms with Gasteiger partial charge in [-0.25, -0.2) is 13.8 Å². The summed E-state index contributed by atoms with van der Waals surface area (Å²) in [7, 11) is 0. The lowest BCUT2D eigenvalue weighted by Crippen LogP contribution is -2.02. The molecule has 3 N–H and O–H groups in total. The van der Waals surface area contributed by atoms with Crippen LogP contribution in [0.3, 0.4) is 0 Å². The van der Waals surface area contributed by atoms with Crippen LogP contribution in [0.2, 0.25) is 0 Å². The van der Waals surface area contributed by atoms with E-state index in [0.29, 0.717) is 11.2 Å². The number of anilines is 1. The van der Waals surface area contributed by atoms with Gasteiger partial charge in [-0.15, -0.1) is 0 Å². The van der Waals surface area contributed by atoms with E-state index in [9.17, 15) is 8.78 Å². The fourth-order valence-corrected chi connectivity index (χ4v) is 1.98. The number of hydrogen-bond acceptors (Lipinski definition) is 4. The molecule has 0 radical (unpaired) electrons. The molecule has 0 aliphatic rings. The summed E-state index contributed by atoms with van der Waals surface area (Å²) in [4.78, 5) is 4.14. The Morgan fingerprint density at radius 1 is 1.33 bits per heavy atom. The maximum absolute atomic E-state index is 13.7. The molecule has 0 atom stereocenters. The molecule has 0 unspecified atom stereocenters. The van der Waals surface area contributed by atoms with Gasteiger partial charge in [0.1, 0.15) is 6.61 Å². The van der Waals surface area contributed by atoms with Crippen molar-refractivity contribution in [1.82, 2.24) is 15.2 Å². The number of pyridine rings is 1. The second-order valence-electron chi connectivity index (χ2n) is 4.63. The molecule has 3 rings (SSSR count). The van der Waals surface area contributed by atoms with Gasteiger partial charge >= 0.3 is 0 Å². The third-order valence-corrected chi connectivity index (χ3v) is 3.12. The van der Waals surface area contributed by atoms with Crippen molar-refractivity contribution in [3.63, 3.8) is 0 Å². The third-order valence-electron chi connectivity index (χ3n) is 3.12. The van der Waals surface area contributed by atoms with Crippen LogP contribution in [0.25, 0.3) is 11.0 Å². The fourth-order valence-electron chi connectivity index (χ4n) is 1.98. The van der Waals surface area contributed by atoms with Crippen LogP contribution in [-0.2, 0) is 6.61 Å². The number of fused-ring (bicyclic) bond motifs is 1. The van der Waals surface area contributed by atoms with Crippen molar-refractivity contribution in [2.24, 2.45) is 0 Å². The molecule has 0 saturated heterocycles. The summed E-state index contributed by atoms with van der Waals surface area (Å²) in [5.74, 6) is -2.18. The van der Waals surface area contributed by atoms with Crippen LogP contribution >= 0.6 is 0 Å². The first-order valence-electron chi connectivity index (χ1n) is 6.22. The SMILES string of the molecule is Cc1[nH]nc2ncc(COc3c(F)ccc(N)c3F)cc12. The van der Waals surface area contributed by atoms with E-state index in [-0.39, 0.29) is 12.3 Å². The second kappa shape index (κ2) is 5.01. The molecule has 5 nitrogen and oxygen atoms in total. The highest BCUT2D eigenvalue weighted by molar-refractivity contribution is 5.77. The van der Waals surface area contributed by atoms with Crippen molar-refractivity contribution in [3.05, 3.63) is 47.3 Å². The summed E-state index contributed by atoms with van der Waals surface area (Å²) in [5, 5.41) is 7.66. The molecular weight excluding hydrogens is 278 g/mol. The number of nitrogens with one attached hydrogen (secondary N) is 1. The zero-order valence-corrected chi connectivity index (χ0v) is 11.2. The summed E-state index contributed by atoms with van der Waals surface area (Å²) >= 11 is 0. The van der Waals surface area contributed by atoms with Crippen molar-refractivity contribution in [2.75, 3.05) is 5.73 Å². The average molecular weight is 290 g/mol. The van der Waals surface area contributed by atoms with Crippen molar-refractivity contribution in [2.45, 2.75) is 13.5 Å². The maximum Gasteiger partial charge on any atom is 0.193 e. The Labute approximate surface area is 118 Å².